The van der Waals surface area contributed by atoms with E-state index in [1.807, 2.05) is 0 Å². The lowest BCUT2D eigenvalue weighted by molar-refractivity contribution is -0.137. The van der Waals surface area contributed by atoms with Crippen LogP contribution in [0.25, 0.3) is 0 Å². The van der Waals surface area contributed by atoms with Gasteiger partial charge in [0.1, 0.15) is 0 Å². The van der Waals surface area contributed by atoms with Crippen molar-refractivity contribution in [1.29, 1.82) is 0 Å². The molecule has 1 aliphatic rings. The average molecular weight is 327 g/mol. The molecule has 0 bridgehead atoms. The Morgan fingerprint density at radius 2 is 1.62 bits per heavy atom. The average Bonchev–Trinajstić information content (AvgIpc) is 2.38. The molecule has 6 heteroatoms. The van der Waals surface area contributed by atoms with Crippen LogP contribution in [0.3, 0.4) is 0 Å². The van der Waals surface area contributed by atoms with Gasteiger partial charge in [-0.25, -0.2) is 8.78 Å². The Labute approximate surface area is 125 Å². The third-order valence-corrected chi connectivity index (χ3v) is 4.50. The van der Waals surface area contributed by atoms with Gasteiger partial charge in [-0.15, -0.1) is 11.6 Å². The van der Waals surface area contributed by atoms with E-state index in [0.29, 0.717) is 24.8 Å². The molecular weight excluding hydrogens is 311 g/mol. The molecule has 1 unspecified atom stereocenters. The Bertz CT molecular complexity index is 456. The summed E-state index contributed by atoms with van der Waals surface area (Å²) < 4.78 is 63.5. The van der Waals surface area contributed by atoms with Crippen LogP contribution in [-0.4, -0.2) is 11.3 Å². The van der Waals surface area contributed by atoms with Gasteiger partial charge in [-0.3, -0.25) is 0 Å². The van der Waals surface area contributed by atoms with E-state index < -0.39 is 17.7 Å². The van der Waals surface area contributed by atoms with Crippen molar-refractivity contribution in [3.05, 3.63) is 35.4 Å². The molecule has 1 fully saturated rings. The lowest BCUT2D eigenvalue weighted by Crippen LogP contribution is -2.29. The Morgan fingerprint density at radius 1 is 1.10 bits per heavy atom. The van der Waals surface area contributed by atoms with Gasteiger partial charge in [0, 0.05) is 18.2 Å². The van der Waals surface area contributed by atoms with E-state index in [4.69, 9.17) is 11.6 Å². The molecule has 0 amide bonds. The summed E-state index contributed by atoms with van der Waals surface area (Å²) in [7, 11) is 0. The zero-order chi connectivity index (χ0) is 15.7. The minimum absolute atomic E-state index is 0.00594. The summed E-state index contributed by atoms with van der Waals surface area (Å²) in [5, 5.41) is -0.321. The number of rotatable bonds is 3. The van der Waals surface area contributed by atoms with Crippen molar-refractivity contribution in [1.82, 2.24) is 0 Å². The topological polar surface area (TPSA) is 0 Å². The van der Waals surface area contributed by atoms with E-state index in [9.17, 15) is 22.0 Å². The first-order valence-electron chi connectivity index (χ1n) is 6.85. The van der Waals surface area contributed by atoms with Crippen LogP contribution in [0.2, 0.25) is 0 Å². The van der Waals surface area contributed by atoms with Gasteiger partial charge < -0.3 is 0 Å². The zero-order valence-electron chi connectivity index (χ0n) is 11.3. The van der Waals surface area contributed by atoms with Gasteiger partial charge in [-0.2, -0.15) is 13.2 Å². The molecule has 1 saturated carbocycles. The summed E-state index contributed by atoms with van der Waals surface area (Å²) in [6.45, 7) is 0. The van der Waals surface area contributed by atoms with Gasteiger partial charge in [-0.05, 0) is 42.9 Å². The minimum atomic E-state index is -4.35. The smallest absolute Gasteiger partial charge is 0.207 e. The number of hydrogen-bond donors (Lipinski definition) is 0. The fourth-order valence-electron chi connectivity index (χ4n) is 2.65. The molecule has 2 rings (SSSR count). The summed E-state index contributed by atoms with van der Waals surface area (Å²) in [6, 6.07) is 4.84. The highest BCUT2D eigenvalue weighted by molar-refractivity contribution is 6.20. The molecule has 0 N–H and O–H groups in total. The van der Waals surface area contributed by atoms with Crippen molar-refractivity contribution < 1.29 is 22.0 Å². The molecule has 1 aromatic rings. The van der Waals surface area contributed by atoms with E-state index in [1.54, 1.807) is 0 Å². The molecule has 1 atom stereocenters. The molecule has 21 heavy (non-hydrogen) atoms. The Kier molecular flexibility index (Phi) is 4.81. The van der Waals surface area contributed by atoms with Crippen LogP contribution in [-0.2, 0) is 12.6 Å². The zero-order valence-corrected chi connectivity index (χ0v) is 12.0. The summed E-state index contributed by atoms with van der Waals surface area (Å²) in [5.74, 6) is -2.60. The normalized spacial score (nSPS) is 21.2. The lowest BCUT2D eigenvalue weighted by atomic mass is 9.83. The summed E-state index contributed by atoms with van der Waals surface area (Å²) >= 11 is 6.25. The van der Waals surface area contributed by atoms with Crippen molar-refractivity contribution in [2.75, 3.05) is 0 Å². The van der Waals surface area contributed by atoms with Gasteiger partial charge >= 0.3 is 6.18 Å². The van der Waals surface area contributed by atoms with Crippen molar-refractivity contribution in [2.24, 2.45) is 5.92 Å². The van der Waals surface area contributed by atoms with Crippen molar-refractivity contribution in [3.63, 3.8) is 0 Å². The van der Waals surface area contributed by atoms with Crippen molar-refractivity contribution in [3.8, 4) is 0 Å². The van der Waals surface area contributed by atoms with Crippen LogP contribution < -0.4 is 0 Å². The fourth-order valence-corrected chi connectivity index (χ4v) is 3.08. The van der Waals surface area contributed by atoms with Gasteiger partial charge in [0.05, 0.1) is 5.56 Å². The van der Waals surface area contributed by atoms with E-state index in [2.05, 4.69) is 0 Å². The van der Waals surface area contributed by atoms with Crippen molar-refractivity contribution >= 4 is 11.6 Å². The van der Waals surface area contributed by atoms with Gasteiger partial charge in [0.2, 0.25) is 5.92 Å². The van der Waals surface area contributed by atoms with E-state index in [0.717, 1.165) is 12.1 Å². The maximum atomic E-state index is 13.1. The molecule has 0 radical (unpaired) electrons. The van der Waals surface area contributed by atoms with Crippen LogP contribution >= 0.6 is 11.6 Å². The summed E-state index contributed by atoms with van der Waals surface area (Å²) in [5.41, 5.74) is -0.00462. The van der Waals surface area contributed by atoms with Crippen LogP contribution in [0.15, 0.2) is 24.3 Å². The molecule has 0 spiro atoms. The minimum Gasteiger partial charge on any atom is -0.207 e. The molecule has 1 aromatic carbocycles. The number of benzene rings is 1. The first-order chi connectivity index (χ1) is 9.67. The molecule has 1 aliphatic carbocycles. The first kappa shape index (κ1) is 16.5. The largest absolute Gasteiger partial charge is 0.416 e. The Balaban J connectivity index is 1.92. The van der Waals surface area contributed by atoms with E-state index in [-0.39, 0.29) is 24.1 Å². The van der Waals surface area contributed by atoms with Gasteiger partial charge in [0.25, 0.3) is 0 Å². The van der Waals surface area contributed by atoms with Gasteiger partial charge in [-0.1, -0.05) is 12.1 Å². The summed E-state index contributed by atoms with van der Waals surface area (Å²) in [6.07, 6.45) is -3.55. The Hall–Kier alpha value is -0.840. The second-order valence-corrected chi connectivity index (χ2v) is 6.17. The highest BCUT2D eigenvalue weighted by Crippen LogP contribution is 2.39. The molecule has 0 nitrogen and oxygen atoms in total. The quantitative estimate of drug-likeness (QED) is 0.495. The third kappa shape index (κ3) is 4.56. The Morgan fingerprint density at radius 3 is 2.10 bits per heavy atom. The molecular formula is C15H16ClF5. The van der Waals surface area contributed by atoms with Crippen LogP contribution in [0, 0.1) is 5.92 Å². The fraction of sp³-hybridized carbons (Fsp3) is 0.600. The van der Waals surface area contributed by atoms with Crippen LogP contribution in [0.1, 0.15) is 36.8 Å². The lowest BCUT2D eigenvalue weighted by Gasteiger charge is -2.31. The second kappa shape index (κ2) is 6.11. The summed E-state index contributed by atoms with van der Waals surface area (Å²) in [4.78, 5) is 0. The van der Waals surface area contributed by atoms with E-state index in [1.165, 1.54) is 12.1 Å². The van der Waals surface area contributed by atoms with Crippen molar-refractivity contribution in [2.45, 2.75) is 49.6 Å². The number of alkyl halides is 6. The highest BCUT2D eigenvalue weighted by Gasteiger charge is 2.37. The first-order valence-corrected chi connectivity index (χ1v) is 7.29. The van der Waals surface area contributed by atoms with Gasteiger partial charge in [0.15, 0.2) is 0 Å². The third-order valence-electron chi connectivity index (χ3n) is 3.99. The molecule has 0 heterocycles. The van der Waals surface area contributed by atoms with E-state index >= 15 is 0 Å². The monoisotopic (exact) mass is 326 g/mol. The second-order valence-electron chi connectivity index (χ2n) is 5.61. The molecule has 118 valence electrons. The highest BCUT2D eigenvalue weighted by atomic mass is 35.5. The predicted molar refractivity (Wildman–Crippen MR) is 71.7 cm³/mol. The van der Waals surface area contributed by atoms with Crippen LogP contribution in [0.4, 0.5) is 22.0 Å². The number of halogens is 6. The standard InChI is InChI=1S/C15H16ClF5/c16-13(11-5-7-14(17,18)8-6-11)9-10-1-3-12(4-2-10)15(19,20)21/h1-4,11,13H,5-9H2. The maximum Gasteiger partial charge on any atom is 0.416 e. The molecule has 0 aliphatic heterocycles. The maximum absolute atomic E-state index is 13.1. The number of hydrogen-bond acceptors (Lipinski definition) is 0. The molecule has 0 aromatic heterocycles. The van der Waals surface area contributed by atoms with Crippen LogP contribution in [0.5, 0.6) is 0 Å². The predicted octanol–water partition coefficient (Wildman–Crippen LogP) is 5.68. The molecule has 0 saturated heterocycles. The SMILES string of the molecule is FC1(F)CCC(C(Cl)Cc2ccc(C(F)(F)F)cc2)CC1.